The third kappa shape index (κ3) is 9.28. The highest BCUT2D eigenvalue weighted by Crippen LogP contribution is 2.40. The molecule has 0 aromatic heterocycles. The first-order chi connectivity index (χ1) is 16.7. The molecule has 0 aliphatic heterocycles. The molecule has 0 aliphatic carbocycles. The van der Waals surface area contributed by atoms with Crippen molar-refractivity contribution < 1.29 is 32.5 Å². The summed E-state index contributed by atoms with van der Waals surface area (Å²) in [6, 6.07) is 10.8. The van der Waals surface area contributed by atoms with E-state index in [1.165, 1.54) is 6.92 Å². The van der Waals surface area contributed by atoms with Crippen LogP contribution in [-0.4, -0.2) is 63.6 Å². The van der Waals surface area contributed by atoms with E-state index in [9.17, 15) is 18.3 Å². The summed E-state index contributed by atoms with van der Waals surface area (Å²) >= 11 is 18.8. The lowest BCUT2D eigenvalue weighted by Crippen LogP contribution is -2.34. The number of carbonyl (C=O) groups is 1. The van der Waals surface area contributed by atoms with Crippen LogP contribution in [0.15, 0.2) is 36.4 Å². The average molecular weight is 583 g/mol. The molecule has 2 N–H and O–H groups in total. The van der Waals surface area contributed by atoms with E-state index in [0.29, 0.717) is 15.8 Å². The number of carbonyl (C=O) groups excluding carboxylic acids is 1. The SMILES string of the molecule is CC(=O)OC(CCl)COc1c(Cl)cc(C(C)(C)c2ccc(OCC(O)CNS(C)(=O)=O)cc2)cc1Cl. The van der Waals surface area contributed by atoms with Crippen LogP contribution < -0.4 is 14.2 Å². The minimum atomic E-state index is -3.39. The highest BCUT2D eigenvalue weighted by atomic mass is 35.5. The van der Waals surface area contributed by atoms with Gasteiger partial charge in [-0.2, -0.15) is 0 Å². The third-order valence-corrected chi connectivity index (χ3v) is 6.83. The lowest BCUT2D eigenvalue weighted by atomic mass is 9.78. The molecule has 0 saturated heterocycles. The fourth-order valence-corrected chi connectivity index (χ4v) is 4.46. The second kappa shape index (κ2) is 13.2. The maximum absolute atomic E-state index is 11.2. The van der Waals surface area contributed by atoms with Crippen LogP contribution in [0.4, 0.5) is 0 Å². The minimum Gasteiger partial charge on any atom is -0.491 e. The van der Waals surface area contributed by atoms with E-state index in [4.69, 9.17) is 49.0 Å². The van der Waals surface area contributed by atoms with Gasteiger partial charge in [0.25, 0.3) is 0 Å². The van der Waals surface area contributed by atoms with Gasteiger partial charge in [0.15, 0.2) is 5.75 Å². The molecule has 0 saturated carbocycles. The number of benzene rings is 2. The normalized spacial score (nSPS) is 13.7. The van der Waals surface area contributed by atoms with Crippen LogP contribution in [0.25, 0.3) is 0 Å². The maximum Gasteiger partial charge on any atom is 0.303 e. The number of aliphatic hydroxyl groups excluding tert-OH is 1. The van der Waals surface area contributed by atoms with Crippen molar-refractivity contribution in [1.82, 2.24) is 4.72 Å². The van der Waals surface area contributed by atoms with Crippen molar-refractivity contribution in [3.63, 3.8) is 0 Å². The fourth-order valence-electron chi connectivity index (χ4n) is 3.21. The molecule has 8 nitrogen and oxygen atoms in total. The number of rotatable bonds is 13. The standard InChI is InChI=1S/C24H30Cl3NO7S/c1-15(29)35-20(11-25)14-34-23-21(26)9-17(10-22(23)27)24(2,3)16-5-7-19(8-6-16)33-13-18(30)12-28-36(4,31)32/h5-10,18,20,28,30H,11-14H2,1-4H3. The van der Waals surface area contributed by atoms with Gasteiger partial charge in [0, 0.05) is 18.9 Å². The van der Waals surface area contributed by atoms with Gasteiger partial charge in [0.2, 0.25) is 10.0 Å². The smallest absolute Gasteiger partial charge is 0.303 e. The van der Waals surface area contributed by atoms with E-state index in [1.807, 2.05) is 26.0 Å². The van der Waals surface area contributed by atoms with Crippen LogP contribution in [0.1, 0.15) is 31.9 Å². The van der Waals surface area contributed by atoms with Gasteiger partial charge < -0.3 is 19.3 Å². The first kappa shape index (κ1) is 30.5. The molecule has 2 aromatic carbocycles. The molecule has 0 bridgehead atoms. The van der Waals surface area contributed by atoms with Crippen LogP contribution in [0, 0.1) is 0 Å². The zero-order chi connectivity index (χ0) is 27.1. The molecular weight excluding hydrogens is 553 g/mol. The predicted molar refractivity (Wildman–Crippen MR) is 141 cm³/mol. The van der Waals surface area contributed by atoms with E-state index in [1.54, 1.807) is 24.3 Å². The molecule has 2 rings (SSSR count). The number of hydrogen-bond donors (Lipinski definition) is 2. The Morgan fingerprint density at radius 2 is 1.64 bits per heavy atom. The Morgan fingerprint density at radius 1 is 1.06 bits per heavy atom. The number of alkyl halides is 1. The third-order valence-electron chi connectivity index (χ3n) is 5.24. The summed E-state index contributed by atoms with van der Waals surface area (Å²) in [4.78, 5) is 11.2. The molecule has 12 heteroatoms. The molecule has 0 amide bonds. The zero-order valence-electron chi connectivity index (χ0n) is 20.4. The maximum atomic E-state index is 11.2. The second-order valence-corrected chi connectivity index (χ2v) is 11.7. The van der Waals surface area contributed by atoms with Crippen LogP contribution >= 0.6 is 34.8 Å². The molecule has 0 radical (unpaired) electrons. The minimum absolute atomic E-state index is 0.00569. The van der Waals surface area contributed by atoms with Crippen molar-refractivity contribution in [3.8, 4) is 11.5 Å². The summed E-state index contributed by atoms with van der Waals surface area (Å²) < 4.78 is 40.8. The molecule has 0 fully saturated rings. The lowest BCUT2D eigenvalue weighted by Gasteiger charge is -2.27. The topological polar surface area (TPSA) is 111 Å². The lowest BCUT2D eigenvalue weighted by molar-refractivity contribution is -0.146. The highest BCUT2D eigenvalue weighted by molar-refractivity contribution is 7.88. The van der Waals surface area contributed by atoms with E-state index in [2.05, 4.69) is 4.72 Å². The quantitative estimate of drug-likeness (QED) is 0.270. The molecule has 0 spiro atoms. The van der Waals surface area contributed by atoms with E-state index < -0.39 is 33.6 Å². The molecule has 0 heterocycles. The van der Waals surface area contributed by atoms with Crippen LogP contribution in [-0.2, 0) is 25.0 Å². The van der Waals surface area contributed by atoms with Gasteiger partial charge in [0.1, 0.15) is 31.2 Å². The number of hydrogen-bond acceptors (Lipinski definition) is 7. The van der Waals surface area contributed by atoms with Gasteiger partial charge in [-0.15, -0.1) is 11.6 Å². The Kier molecular flexibility index (Phi) is 11.1. The Morgan fingerprint density at radius 3 is 2.14 bits per heavy atom. The monoisotopic (exact) mass is 581 g/mol. The summed E-state index contributed by atoms with van der Waals surface area (Å²) in [6.07, 6.45) is -0.607. The van der Waals surface area contributed by atoms with Crippen molar-refractivity contribution in [2.75, 3.05) is 31.9 Å². The van der Waals surface area contributed by atoms with Crippen molar-refractivity contribution in [2.45, 2.75) is 38.4 Å². The van der Waals surface area contributed by atoms with E-state index >= 15 is 0 Å². The van der Waals surface area contributed by atoms with Gasteiger partial charge in [-0.1, -0.05) is 49.2 Å². The van der Waals surface area contributed by atoms with Crippen molar-refractivity contribution in [1.29, 1.82) is 0 Å². The number of sulfonamides is 1. The predicted octanol–water partition coefficient (Wildman–Crippen LogP) is 4.16. The molecule has 2 unspecified atom stereocenters. The summed E-state index contributed by atoms with van der Waals surface area (Å²) in [5, 5.41) is 10.5. The first-order valence-corrected chi connectivity index (χ1v) is 14.1. The van der Waals surface area contributed by atoms with Gasteiger partial charge >= 0.3 is 5.97 Å². The van der Waals surface area contributed by atoms with Crippen molar-refractivity contribution in [2.24, 2.45) is 0 Å². The van der Waals surface area contributed by atoms with Gasteiger partial charge in [-0.25, -0.2) is 13.1 Å². The van der Waals surface area contributed by atoms with Gasteiger partial charge in [0.05, 0.1) is 22.2 Å². The Bertz CT molecular complexity index is 1120. The average Bonchev–Trinajstić information content (AvgIpc) is 2.79. The summed E-state index contributed by atoms with van der Waals surface area (Å²) in [6.45, 7) is 5.11. The van der Waals surface area contributed by atoms with Crippen LogP contribution in [0.3, 0.4) is 0 Å². The highest BCUT2D eigenvalue weighted by Gasteiger charge is 2.26. The number of esters is 1. The molecule has 200 valence electrons. The van der Waals surface area contributed by atoms with Gasteiger partial charge in [-0.3, -0.25) is 4.79 Å². The second-order valence-electron chi connectivity index (χ2n) is 8.70. The van der Waals surface area contributed by atoms with Crippen LogP contribution in [0.5, 0.6) is 11.5 Å². The Labute approximate surface area is 226 Å². The molecule has 36 heavy (non-hydrogen) atoms. The van der Waals surface area contributed by atoms with Crippen molar-refractivity contribution in [3.05, 3.63) is 57.6 Å². The Balaban J connectivity index is 2.09. The molecule has 2 aromatic rings. The summed E-state index contributed by atoms with van der Waals surface area (Å²) in [5.74, 6) is 0.396. The van der Waals surface area contributed by atoms with Crippen LogP contribution in [0.2, 0.25) is 10.0 Å². The van der Waals surface area contributed by atoms with Crippen molar-refractivity contribution >= 4 is 50.8 Å². The fraction of sp³-hybridized carbons (Fsp3) is 0.458. The van der Waals surface area contributed by atoms with E-state index in [0.717, 1.165) is 17.4 Å². The molecule has 0 aliphatic rings. The number of ether oxygens (including phenoxy) is 3. The Hall–Kier alpha value is -1.75. The number of aliphatic hydroxyl groups is 1. The number of nitrogens with one attached hydrogen (secondary N) is 1. The van der Waals surface area contributed by atoms with Gasteiger partial charge in [-0.05, 0) is 35.4 Å². The first-order valence-electron chi connectivity index (χ1n) is 10.9. The molecular formula is C24H30Cl3NO7S. The zero-order valence-corrected chi connectivity index (χ0v) is 23.5. The summed E-state index contributed by atoms with van der Waals surface area (Å²) in [7, 11) is -3.39. The largest absolute Gasteiger partial charge is 0.491 e. The number of halogens is 3. The molecule has 2 atom stereocenters. The van der Waals surface area contributed by atoms with E-state index in [-0.39, 0.29) is 31.4 Å². The summed E-state index contributed by atoms with van der Waals surface area (Å²) in [5.41, 5.74) is 1.31.